The molecule has 2 aromatic rings. The van der Waals surface area contributed by atoms with Gasteiger partial charge in [0.2, 0.25) is 5.78 Å². The summed E-state index contributed by atoms with van der Waals surface area (Å²) in [7, 11) is 1.59. The van der Waals surface area contributed by atoms with Crippen molar-refractivity contribution in [2.75, 3.05) is 13.6 Å². The van der Waals surface area contributed by atoms with Crippen LogP contribution in [0.4, 0.5) is 0 Å². The van der Waals surface area contributed by atoms with Gasteiger partial charge in [-0.15, -0.1) is 0 Å². The summed E-state index contributed by atoms with van der Waals surface area (Å²) < 4.78 is 0. The summed E-state index contributed by atoms with van der Waals surface area (Å²) in [6.45, 7) is 2.07. The molecular weight excluding hydrogens is 242 g/mol. The van der Waals surface area contributed by atoms with Gasteiger partial charge < -0.3 is 15.6 Å². The monoisotopic (exact) mass is 260 g/mol. The normalized spacial score (nSPS) is 12.3. The van der Waals surface area contributed by atoms with E-state index in [0.717, 1.165) is 10.9 Å². The van der Waals surface area contributed by atoms with Crippen molar-refractivity contribution in [3.8, 4) is 0 Å². The zero-order valence-electron chi connectivity index (χ0n) is 11.1. The molecule has 0 aliphatic heterocycles. The summed E-state index contributed by atoms with van der Waals surface area (Å²) in [6.07, 6.45) is 1.73. The molecular formula is C14H18N3O2+. The number of para-hydroxylation sites is 1. The van der Waals surface area contributed by atoms with Crippen molar-refractivity contribution in [2.45, 2.75) is 13.0 Å². The van der Waals surface area contributed by atoms with Crippen LogP contribution in [0.25, 0.3) is 10.9 Å². The lowest BCUT2D eigenvalue weighted by Crippen LogP contribution is -2.92. The van der Waals surface area contributed by atoms with Gasteiger partial charge in [-0.05, 0) is 13.0 Å². The third-order valence-electron chi connectivity index (χ3n) is 3.20. The maximum absolute atomic E-state index is 12.3. The number of H-pyrrole nitrogens is 1. The van der Waals surface area contributed by atoms with Gasteiger partial charge in [0.1, 0.15) is 6.04 Å². The molecule has 1 atom stereocenters. The lowest BCUT2D eigenvalue weighted by Gasteiger charge is -2.08. The fourth-order valence-electron chi connectivity index (χ4n) is 2.01. The second-order valence-electron chi connectivity index (χ2n) is 4.51. The van der Waals surface area contributed by atoms with Crippen LogP contribution < -0.4 is 10.6 Å². The summed E-state index contributed by atoms with van der Waals surface area (Å²) in [5, 5.41) is 5.20. The molecule has 100 valence electrons. The van der Waals surface area contributed by atoms with E-state index < -0.39 is 0 Å². The van der Waals surface area contributed by atoms with Crippen molar-refractivity contribution in [3.05, 3.63) is 36.0 Å². The zero-order chi connectivity index (χ0) is 13.8. The number of likely N-dealkylation sites (N-methyl/N-ethyl adjacent to an activating group) is 1. The van der Waals surface area contributed by atoms with Gasteiger partial charge in [-0.25, -0.2) is 0 Å². The van der Waals surface area contributed by atoms with Crippen LogP contribution in [-0.4, -0.2) is 36.3 Å². The Bertz CT molecular complexity index is 604. The van der Waals surface area contributed by atoms with Gasteiger partial charge in [-0.1, -0.05) is 18.2 Å². The largest absolute Gasteiger partial charge is 0.360 e. The number of carbonyl (C=O) groups is 2. The molecule has 0 bridgehead atoms. The average Bonchev–Trinajstić information content (AvgIpc) is 2.87. The minimum atomic E-state index is -0.281. The van der Waals surface area contributed by atoms with Crippen molar-refractivity contribution in [1.29, 1.82) is 0 Å². The highest BCUT2D eigenvalue weighted by molar-refractivity contribution is 6.09. The quantitative estimate of drug-likeness (QED) is 0.664. The Hall–Kier alpha value is -2.14. The van der Waals surface area contributed by atoms with Crippen LogP contribution in [0.3, 0.4) is 0 Å². The lowest BCUT2D eigenvalue weighted by molar-refractivity contribution is -0.661. The number of amides is 1. The van der Waals surface area contributed by atoms with E-state index in [9.17, 15) is 9.59 Å². The van der Waals surface area contributed by atoms with Gasteiger partial charge in [0, 0.05) is 29.7 Å². The first-order chi connectivity index (χ1) is 9.13. The molecule has 0 spiro atoms. The number of ketones is 1. The molecule has 0 aliphatic carbocycles. The molecule has 2 rings (SSSR count). The number of fused-ring (bicyclic) bond motifs is 1. The van der Waals surface area contributed by atoms with Gasteiger partial charge in [0.05, 0.1) is 0 Å². The molecule has 1 aromatic carbocycles. The first-order valence-electron chi connectivity index (χ1n) is 6.27. The minimum Gasteiger partial charge on any atom is -0.360 e. The first-order valence-corrected chi connectivity index (χ1v) is 6.27. The molecule has 0 saturated heterocycles. The molecule has 0 unspecified atom stereocenters. The van der Waals surface area contributed by atoms with Crippen LogP contribution in [0.1, 0.15) is 17.3 Å². The highest BCUT2D eigenvalue weighted by Gasteiger charge is 2.21. The Labute approximate surface area is 111 Å². The van der Waals surface area contributed by atoms with Crippen LogP contribution in [0.5, 0.6) is 0 Å². The molecule has 5 nitrogen and oxygen atoms in total. The van der Waals surface area contributed by atoms with Gasteiger partial charge in [-0.2, -0.15) is 0 Å². The van der Waals surface area contributed by atoms with Crippen molar-refractivity contribution in [2.24, 2.45) is 0 Å². The number of carbonyl (C=O) groups excluding carboxylic acids is 2. The Balaban J connectivity index is 2.13. The number of benzene rings is 1. The van der Waals surface area contributed by atoms with Crippen LogP contribution in [0, 0.1) is 0 Å². The summed E-state index contributed by atoms with van der Waals surface area (Å²) in [5.41, 5.74) is 1.63. The molecule has 5 heteroatoms. The lowest BCUT2D eigenvalue weighted by atomic mass is 10.0. The van der Waals surface area contributed by atoms with Crippen molar-refractivity contribution < 1.29 is 14.9 Å². The maximum atomic E-state index is 12.3. The molecule has 0 aliphatic rings. The summed E-state index contributed by atoms with van der Waals surface area (Å²) >= 11 is 0. The van der Waals surface area contributed by atoms with Gasteiger partial charge >= 0.3 is 0 Å². The van der Waals surface area contributed by atoms with Crippen LogP contribution in [0.15, 0.2) is 30.5 Å². The number of rotatable bonds is 5. The van der Waals surface area contributed by atoms with Gasteiger partial charge in [0.25, 0.3) is 5.91 Å². The highest BCUT2D eigenvalue weighted by atomic mass is 16.2. The Kier molecular flexibility index (Phi) is 3.97. The third-order valence-corrected chi connectivity index (χ3v) is 3.20. The van der Waals surface area contributed by atoms with E-state index in [-0.39, 0.29) is 24.3 Å². The summed E-state index contributed by atoms with van der Waals surface area (Å²) in [6, 6.07) is 7.41. The predicted octanol–water partition coefficient (Wildman–Crippen LogP) is 0.0485. The number of nitrogens with one attached hydrogen (secondary N) is 2. The van der Waals surface area contributed by atoms with Crippen LogP contribution >= 0.6 is 0 Å². The van der Waals surface area contributed by atoms with E-state index in [1.165, 1.54) is 0 Å². The summed E-state index contributed by atoms with van der Waals surface area (Å²) in [4.78, 5) is 26.6. The molecule has 0 saturated carbocycles. The number of quaternary nitrogens is 1. The minimum absolute atomic E-state index is 0.0290. The number of Topliss-reactive ketones (excluding diaryl/α,β-unsaturated/α-hetero) is 1. The Morgan fingerprint density at radius 3 is 2.84 bits per heavy atom. The predicted molar refractivity (Wildman–Crippen MR) is 73.0 cm³/mol. The molecule has 1 amide bonds. The molecule has 1 aromatic heterocycles. The molecule has 1 heterocycles. The Morgan fingerprint density at radius 2 is 2.11 bits per heavy atom. The smallest absolute Gasteiger partial charge is 0.274 e. The molecule has 0 radical (unpaired) electrons. The molecule has 0 fully saturated rings. The fourth-order valence-corrected chi connectivity index (χ4v) is 2.01. The maximum Gasteiger partial charge on any atom is 0.274 e. The number of hydrogen-bond acceptors (Lipinski definition) is 2. The van der Waals surface area contributed by atoms with E-state index in [1.54, 1.807) is 18.6 Å². The molecule has 4 N–H and O–H groups in total. The molecule has 19 heavy (non-hydrogen) atoms. The van der Waals surface area contributed by atoms with Crippen LogP contribution in [0.2, 0.25) is 0 Å². The fraction of sp³-hybridized carbons (Fsp3) is 0.286. The van der Waals surface area contributed by atoms with Crippen molar-refractivity contribution >= 4 is 22.6 Å². The van der Waals surface area contributed by atoms with Gasteiger partial charge in [0.15, 0.2) is 6.54 Å². The van der Waals surface area contributed by atoms with E-state index in [0.29, 0.717) is 5.56 Å². The second kappa shape index (κ2) is 5.67. The van der Waals surface area contributed by atoms with Crippen molar-refractivity contribution in [1.82, 2.24) is 10.3 Å². The van der Waals surface area contributed by atoms with E-state index in [4.69, 9.17) is 0 Å². The van der Waals surface area contributed by atoms with E-state index in [2.05, 4.69) is 10.3 Å². The van der Waals surface area contributed by atoms with Crippen LogP contribution in [-0.2, 0) is 4.79 Å². The number of aromatic nitrogens is 1. The van der Waals surface area contributed by atoms with E-state index in [1.807, 2.05) is 31.2 Å². The Morgan fingerprint density at radius 1 is 1.37 bits per heavy atom. The standard InChI is InChI=1S/C14H17N3O2/c1-9(16-8-13(18)15-2)14(19)11-7-17-12-6-4-3-5-10(11)12/h3-7,9,16-17H,8H2,1-2H3,(H,15,18)/p+1/t9-/m1/s1. The second-order valence-corrected chi connectivity index (χ2v) is 4.51. The number of hydrogen-bond donors (Lipinski definition) is 3. The van der Waals surface area contributed by atoms with Gasteiger partial charge in [-0.3, -0.25) is 9.59 Å². The van der Waals surface area contributed by atoms with E-state index >= 15 is 0 Å². The van der Waals surface area contributed by atoms with Crippen molar-refractivity contribution in [3.63, 3.8) is 0 Å². The highest BCUT2D eigenvalue weighted by Crippen LogP contribution is 2.18. The number of aromatic amines is 1. The SMILES string of the molecule is CNC(=O)C[NH2+][C@H](C)C(=O)c1c[nH]c2ccccc12. The average molecular weight is 260 g/mol. The zero-order valence-corrected chi connectivity index (χ0v) is 11.1. The first kappa shape index (κ1) is 13.3. The number of nitrogens with two attached hydrogens (primary N) is 1. The third kappa shape index (κ3) is 2.82. The topological polar surface area (TPSA) is 78.6 Å². The summed E-state index contributed by atoms with van der Waals surface area (Å²) in [5.74, 6) is -0.0556.